The molecule has 36 heavy (non-hydrogen) atoms. The molecule has 1 heterocycles. The molecule has 2 amide bonds. The van der Waals surface area contributed by atoms with Gasteiger partial charge in [-0.15, -0.1) is 0 Å². The van der Waals surface area contributed by atoms with E-state index in [1.54, 1.807) is 0 Å². The highest BCUT2D eigenvalue weighted by molar-refractivity contribution is 6.14. The summed E-state index contributed by atoms with van der Waals surface area (Å²) >= 11 is 0. The predicted octanol–water partition coefficient (Wildman–Crippen LogP) is 5.33. The molecule has 2 aromatic rings. The number of hydrogen-bond donors (Lipinski definition) is 1. The fourth-order valence-corrected chi connectivity index (χ4v) is 5.08. The number of benzene rings is 2. The van der Waals surface area contributed by atoms with Gasteiger partial charge in [0.15, 0.2) is 5.78 Å². The first-order valence-electron chi connectivity index (χ1n) is 12.9. The standard InChI is InChI=1S/C29H35N3O4/c1-20-12-11-17-24-21(2)30-27(31-29(35)36-19-22-13-7-6-8-14-22)28(34)32(26(20)24)18-25(33)23-15-9-4-3-5-10-16-23/h6-8,11-14,17,23,27H,3-5,9-10,15-16,18-19H2,1-2H3,(H,31,35)/t27-/m1/s1. The number of aliphatic imine (C=N–C) groups is 1. The Morgan fingerprint density at radius 3 is 2.39 bits per heavy atom. The van der Waals surface area contributed by atoms with Crippen LogP contribution in [0.1, 0.15) is 68.6 Å². The van der Waals surface area contributed by atoms with Crippen molar-refractivity contribution >= 4 is 29.2 Å². The third kappa shape index (κ3) is 6.20. The maximum Gasteiger partial charge on any atom is 0.409 e. The summed E-state index contributed by atoms with van der Waals surface area (Å²) in [5.41, 5.74) is 3.82. The van der Waals surface area contributed by atoms with E-state index in [9.17, 15) is 14.4 Å². The minimum absolute atomic E-state index is 0.0264. The molecule has 0 saturated heterocycles. The number of Topliss-reactive ketones (excluding diaryl/α,β-unsaturated/α-hetero) is 1. The molecular formula is C29H35N3O4. The van der Waals surface area contributed by atoms with Crippen LogP contribution in [0.2, 0.25) is 0 Å². The highest BCUT2D eigenvalue weighted by Gasteiger charge is 2.35. The molecule has 1 aliphatic heterocycles. The number of fused-ring (bicyclic) bond motifs is 1. The van der Waals surface area contributed by atoms with Crippen molar-refractivity contribution in [2.75, 3.05) is 11.4 Å². The summed E-state index contributed by atoms with van der Waals surface area (Å²) in [7, 11) is 0. The number of aryl methyl sites for hydroxylation is 1. The van der Waals surface area contributed by atoms with Crippen molar-refractivity contribution in [3.63, 3.8) is 0 Å². The van der Waals surface area contributed by atoms with E-state index in [1.807, 2.05) is 62.4 Å². The Morgan fingerprint density at radius 2 is 1.67 bits per heavy atom. The van der Waals surface area contributed by atoms with Crippen LogP contribution in [-0.4, -0.2) is 36.2 Å². The number of anilines is 1. The molecule has 1 N–H and O–H groups in total. The number of alkyl carbamates (subject to hydrolysis) is 1. The molecule has 0 unspecified atom stereocenters. The molecule has 0 spiro atoms. The summed E-state index contributed by atoms with van der Waals surface area (Å²) in [4.78, 5) is 45.8. The number of para-hydroxylation sites is 1. The van der Waals surface area contributed by atoms with Gasteiger partial charge in [0.2, 0.25) is 6.17 Å². The molecule has 1 aliphatic carbocycles. The van der Waals surface area contributed by atoms with Gasteiger partial charge in [0.1, 0.15) is 6.61 Å². The van der Waals surface area contributed by atoms with E-state index in [2.05, 4.69) is 10.3 Å². The Balaban J connectivity index is 1.55. The molecule has 1 atom stereocenters. The van der Waals surface area contributed by atoms with Crippen LogP contribution in [0.4, 0.5) is 10.5 Å². The molecule has 1 saturated carbocycles. The van der Waals surface area contributed by atoms with Crippen molar-refractivity contribution in [2.45, 2.75) is 71.6 Å². The zero-order valence-corrected chi connectivity index (χ0v) is 21.2. The van der Waals surface area contributed by atoms with Crippen molar-refractivity contribution in [1.29, 1.82) is 0 Å². The van der Waals surface area contributed by atoms with Gasteiger partial charge in [-0.25, -0.2) is 4.79 Å². The zero-order chi connectivity index (χ0) is 25.5. The Labute approximate surface area is 212 Å². The number of rotatable bonds is 6. The van der Waals surface area contributed by atoms with Crippen molar-refractivity contribution < 1.29 is 19.1 Å². The molecule has 0 radical (unpaired) electrons. The van der Waals surface area contributed by atoms with Gasteiger partial charge in [-0.3, -0.25) is 19.9 Å². The number of ketones is 1. The minimum Gasteiger partial charge on any atom is -0.445 e. The van der Waals surface area contributed by atoms with Crippen LogP contribution in [0.15, 0.2) is 53.5 Å². The van der Waals surface area contributed by atoms with Gasteiger partial charge in [-0.1, -0.05) is 80.6 Å². The SMILES string of the molecule is CC1=N[C@H](NC(=O)OCc2ccccc2)C(=O)N(CC(=O)C2CCCCCCC2)c2c(C)cccc21. The van der Waals surface area contributed by atoms with E-state index >= 15 is 0 Å². The van der Waals surface area contributed by atoms with Crippen molar-refractivity contribution in [3.05, 3.63) is 65.2 Å². The predicted molar refractivity (Wildman–Crippen MR) is 140 cm³/mol. The fourth-order valence-electron chi connectivity index (χ4n) is 5.08. The van der Waals surface area contributed by atoms with E-state index in [4.69, 9.17) is 4.74 Å². The summed E-state index contributed by atoms with van der Waals surface area (Å²) in [6, 6.07) is 15.1. The molecule has 7 nitrogen and oxygen atoms in total. The monoisotopic (exact) mass is 489 g/mol. The molecular weight excluding hydrogens is 454 g/mol. The van der Waals surface area contributed by atoms with Crippen LogP contribution in [-0.2, 0) is 20.9 Å². The van der Waals surface area contributed by atoms with Crippen LogP contribution < -0.4 is 10.2 Å². The Bertz CT molecular complexity index is 1120. The van der Waals surface area contributed by atoms with Gasteiger partial charge in [-0.2, -0.15) is 0 Å². The third-order valence-corrected chi connectivity index (χ3v) is 7.06. The molecule has 4 rings (SSSR count). The van der Waals surface area contributed by atoms with Crippen LogP contribution in [0.3, 0.4) is 0 Å². The zero-order valence-electron chi connectivity index (χ0n) is 21.2. The number of nitrogens with one attached hydrogen (secondary N) is 1. The lowest BCUT2D eigenvalue weighted by molar-refractivity contribution is -0.126. The normalized spacial score (nSPS) is 18.8. The summed E-state index contributed by atoms with van der Waals surface area (Å²) in [5, 5.41) is 2.61. The van der Waals surface area contributed by atoms with Crippen LogP contribution in [0, 0.1) is 12.8 Å². The minimum atomic E-state index is -1.18. The fraction of sp³-hybridized carbons (Fsp3) is 0.448. The topological polar surface area (TPSA) is 88.1 Å². The molecule has 2 aromatic carbocycles. The van der Waals surface area contributed by atoms with E-state index < -0.39 is 18.2 Å². The number of carbonyl (C=O) groups excluding carboxylic acids is 3. The van der Waals surface area contributed by atoms with Gasteiger partial charge >= 0.3 is 6.09 Å². The first-order valence-corrected chi connectivity index (χ1v) is 12.9. The molecule has 1 fully saturated rings. The Hall–Kier alpha value is -3.48. The van der Waals surface area contributed by atoms with Crippen LogP contribution in [0.5, 0.6) is 0 Å². The van der Waals surface area contributed by atoms with Crippen molar-refractivity contribution in [1.82, 2.24) is 5.32 Å². The summed E-state index contributed by atoms with van der Waals surface area (Å²) in [6.07, 6.45) is 5.43. The van der Waals surface area contributed by atoms with Gasteiger partial charge in [-0.05, 0) is 37.8 Å². The molecule has 0 aromatic heterocycles. The second kappa shape index (κ2) is 12.0. The van der Waals surface area contributed by atoms with Gasteiger partial charge in [0, 0.05) is 17.2 Å². The largest absolute Gasteiger partial charge is 0.445 e. The number of hydrogen-bond acceptors (Lipinski definition) is 5. The highest BCUT2D eigenvalue weighted by atomic mass is 16.5. The second-order valence-corrected chi connectivity index (χ2v) is 9.73. The lowest BCUT2D eigenvalue weighted by Gasteiger charge is -2.28. The van der Waals surface area contributed by atoms with E-state index in [0.29, 0.717) is 11.4 Å². The van der Waals surface area contributed by atoms with Gasteiger partial charge < -0.3 is 9.64 Å². The van der Waals surface area contributed by atoms with Crippen molar-refractivity contribution in [2.24, 2.45) is 10.9 Å². The summed E-state index contributed by atoms with van der Waals surface area (Å²) < 4.78 is 5.34. The Kier molecular flexibility index (Phi) is 8.52. The quantitative estimate of drug-likeness (QED) is 0.594. The molecule has 0 bridgehead atoms. The summed E-state index contributed by atoms with van der Waals surface area (Å²) in [5.74, 6) is -0.402. The van der Waals surface area contributed by atoms with Crippen LogP contribution in [0.25, 0.3) is 0 Å². The Morgan fingerprint density at radius 1 is 0.972 bits per heavy atom. The maximum atomic E-state index is 13.8. The summed E-state index contributed by atoms with van der Waals surface area (Å²) in [6.45, 7) is 3.80. The van der Waals surface area contributed by atoms with Gasteiger partial charge in [0.25, 0.3) is 5.91 Å². The average molecular weight is 490 g/mol. The molecule has 2 aliphatic rings. The first-order chi connectivity index (χ1) is 17.4. The maximum absolute atomic E-state index is 13.8. The van der Waals surface area contributed by atoms with E-state index in [0.717, 1.165) is 55.2 Å². The second-order valence-electron chi connectivity index (χ2n) is 9.73. The molecule has 7 heteroatoms. The number of nitrogens with zero attached hydrogens (tertiary/aromatic N) is 2. The number of carbonyl (C=O) groups is 3. The number of amides is 2. The van der Waals surface area contributed by atoms with Crippen LogP contribution >= 0.6 is 0 Å². The highest BCUT2D eigenvalue weighted by Crippen LogP contribution is 2.31. The third-order valence-electron chi connectivity index (χ3n) is 7.06. The number of benzodiazepines with no additional fused rings is 1. The number of ether oxygens (including phenoxy) is 1. The van der Waals surface area contributed by atoms with Crippen molar-refractivity contribution in [3.8, 4) is 0 Å². The smallest absolute Gasteiger partial charge is 0.409 e. The lowest BCUT2D eigenvalue weighted by Crippen LogP contribution is -2.49. The van der Waals surface area contributed by atoms with Gasteiger partial charge in [0.05, 0.1) is 12.2 Å². The van der Waals surface area contributed by atoms with E-state index in [-0.39, 0.29) is 24.9 Å². The molecule has 190 valence electrons. The first kappa shape index (κ1) is 25.6. The average Bonchev–Trinajstić information content (AvgIpc) is 2.94. The van der Waals surface area contributed by atoms with E-state index in [1.165, 1.54) is 11.3 Å². The lowest BCUT2D eigenvalue weighted by atomic mass is 9.88.